The molecule has 0 bridgehead atoms. The topological polar surface area (TPSA) is 39.7 Å². The number of rotatable bonds is 3. The van der Waals surface area contributed by atoms with E-state index in [1.54, 1.807) is 11.3 Å². The van der Waals surface area contributed by atoms with Gasteiger partial charge in [0.05, 0.1) is 16.8 Å². The Bertz CT molecular complexity index is 682. The van der Waals surface area contributed by atoms with E-state index in [1.165, 1.54) is 17.5 Å². The van der Waals surface area contributed by atoms with E-state index in [2.05, 4.69) is 32.9 Å². The lowest BCUT2D eigenvalue weighted by atomic mass is 10.2. The fourth-order valence-corrected chi connectivity index (χ4v) is 4.72. The van der Waals surface area contributed by atoms with Gasteiger partial charge in [-0.05, 0) is 25.0 Å². The van der Waals surface area contributed by atoms with E-state index in [1.807, 2.05) is 6.07 Å². The third-order valence-corrected chi connectivity index (χ3v) is 6.34. The lowest BCUT2D eigenvalue weighted by molar-refractivity contribution is -0.132. The van der Waals surface area contributed by atoms with Crippen LogP contribution >= 0.6 is 11.3 Å². The van der Waals surface area contributed by atoms with Crippen LogP contribution < -0.4 is 4.90 Å². The smallest absolute Gasteiger partial charge is 0.236 e. The highest BCUT2D eigenvalue weighted by atomic mass is 32.1. The molecule has 2 saturated heterocycles. The SMILES string of the molecule is O=C(CN1CCN(c2nc3ccccc3s2)CC1)N1CCCCCC1. The summed E-state index contributed by atoms with van der Waals surface area (Å²) >= 11 is 1.77. The van der Waals surface area contributed by atoms with Crippen molar-refractivity contribution in [3.63, 3.8) is 0 Å². The molecule has 3 heterocycles. The van der Waals surface area contributed by atoms with Gasteiger partial charge in [-0.2, -0.15) is 0 Å². The van der Waals surface area contributed by atoms with Crippen LogP contribution in [0, 0.1) is 0 Å². The van der Waals surface area contributed by atoms with E-state index >= 15 is 0 Å². The monoisotopic (exact) mass is 358 g/mol. The summed E-state index contributed by atoms with van der Waals surface area (Å²) in [5.74, 6) is 0.315. The molecule has 6 heteroatoms. The van der Waals surface area contributed by atoms with Crippen molar-refractivity contribution in [1.29, 1.82) is 0 Å². The average Bonchev–Trinajstić information content (AvgIpc) is 2.88. The highest BCUT2D eigenvalue weighted by Gasteiger charge is 2.23. The van der Waals surface area contributed by atoms with Crippen LogP contribution in [0.1, 0.15) is 25.7 Å². The summed E-state index contributed by atoms with van der Waals surface area (Å²) in [5.41, 5.74) is 1.08. The predicted octanol–water partition coefficient (Wildman–Crippen LogP) is 2.82. The number of carbonyl (C=O) groups excluding carboxylic acids is 1. The van der Waals surface area contributed by atoms with E-state index in [-0.39, 0.29) is 0 Å². The van der Waals surface area contributed by atoms with Crippen molar-refractivity contribution in [1.82, 2.24) is 14.8 Å². The van der Waals surface area contributed by atoms with Gasteiger partial charge in [-0.15, -0.1) is 0 Å². The molecule has 4 rings (SSSR count). The number of aromatic nitrogens is 1. The van der Waals surface area contributed by atoms with E-state index in [0.29, 0.717) is 12.5 Å². The summed E-state index contributed by atoms with van der Waals surface area (Å²) in [7, 11) is 0. The molecule has 0 atom stereocenters. The van der Waals surface area contributed by atoms with Gasteiger partial charge < -0.3 is 9.80 Å². The number of hydrogen-bond acceptors (Lipinski definition) is 5. The lowest BCUT2D eigenvalue weighted by Gasteiger charge is -2.35. The molecule has 2 aliphatic heterocycles. The minimum atomic E-state index is 0.315. The summed E-state index contributed by atoms with van der Waals surface area (Å²) in [6.07, 6.45) is 4.86. The van der Waals surface area contributed by atoms with Gasteiger partial charge in [-0.1, -0.05) is 36.3 Å². The number of likely N-dealkylation sites (tertiary alicyclic amines) is 1. The van der Waals surface area contributed by atoms with Crippen LogP contribution in [0.4, 0.5) is 5.13 Å². The highest BCUT2D eigenvalue weighted by Crippen LogP contribution is 2.29. The normalized spacial score (nSPS) is 20.0. The third-order valence-electron chi connectivity index (χ3n) is 5.24. The summed E-state index contributed by atoms with van der Waals surface area (Å²) in [6, 6.07) is 8.31. The number of benzene rings is 1. The minimum absolute atomic E-state index is 0.315. The second kappa shape index (κ2) is 7.70. The highest BCUT2D eigenvalue weighted by molar-refractivity contribution is 7.22. The van der Waals surface area contributed by atoms with Gasteiger partial charge in [0, 0.05) is 39.3 Å². The number of thiazole rings is 1. The molecule has 0 unspecified atom stereocenters. The van der Waals surface area contributed by atoms with Crippen LogP contribution in [0.3, 0.4) is 0 Å². The molecule has 25 heavy (non-hydrogen) atoms. The number of amides is 1. The summed E-state index contributed by atoms with van der Waals surface area (Å²) in [5, 5.41) is 1.11. The number of hydrogen-bond donors (Lipinski definition) is 0. The number of nitrogens with zero attached hydrogens (tertiary/aromatic N) is 4. The van der Waals surface area contributed by atoms with Crippen LogP contribution in [-0.2, 0) is 4.79 Å². The van der Waals surface area contributed by atoms with Crippen molar-refractivity contribution in [3.05, 3.63) is 24.3 Å². The number of carbonyl (C=O) groups is 1. The number of fused-ring (bicyclic) bond motifs is 1. The second-order valence-electron chi connectivity index (χ2n) is 7.02. The predicted molar refractivity (Wildman–Crippen MR) is 103 cm³/mol. The van der Waals surface area contributed by atoms with E-state index in [4.69, 9.17) is 4.98 Å². The Labute approximate surface area is 153 Å². The van der Waals surface area contributed by atoms with Crippen LogP contribution in [0.15, 0.2) is 24.3 Å². The van der Waals surface area contributed by atoms with Gasteiger partial charge in [-0.25, -0.2) is 4.98 Å². The molecule has 0 spiro atoms. The Kier molecular flexibility index (Phi) is 5.17. The van der Waals surface area contributed by atoms with Crippen molar-refractivity contribution < 1.29 is 4.79 Å². The molecule has 0 aliphatic carbocycles. The lowest BCUT2D eigenvalue weighted by Crippen LogP contribution is -2.50. The van der Waals surface area contributed by atoms with Crippen LogP contribution in [0.2, 0.25) is 0 Å². The molecule has 0 radical (unpaired) electrons. The van der Waals surface area contributed by atoms with Crippen molar-refractivity contribution in [3.8, 4) is 0 Å². The Balaban J connectivity index is 1.31. The molecule has 134 valence electrons. The number of piperazine rings is 1. The second-order valence-corrected chi connectivity index (χ2v) is 8.03. The van der Waals surface area contributed by atoms with E-state index in [9.17, 15) is 4.79 Å². The van der Waals surface area contributed by atoms with Crippen molar-refractivity contribution >= 4 is 32.6 Å². The molecule has 1 aromatic heterocycles. The zero-order chi connectivity index (χ0) is 17.1. The fraction of sp³-hybridized carbons (Fsp3) is 0.579. The Hall–Kier alpha value is -1.66. The Morgan fingerprint density at radius 2 is 1.68 bits per heavy atom. The first kappa shape index (κ1) is 16.8. The molecule has 5 nitrogen and oxygen atoms in total. The molecule has 0 N–H and O–H groups in total. The minimum Gasteiger partial charge on any atom is -0.345 e. The van der Waals surface area contributed by atoms with Gasteiger partial charge in [0.15, 0.2) is 5.13 Å². The molecular formula is C19H26N4OS. The van der Waals surface area contributed by atoms with Gasteiger partial charge in [0.1, 0.15) is 0 Å². The molecule has 1 aromatic carbocycles. The maximum absolute atomic E-state index is 12.5. The standard InChI is InChI=1S/C19H26N4OS/c24-18(22-9-5-1-2-6-10-22)15-21-11-13-23(14-12-21)19-20-16-7-3-4-8-17(16)25-19/h3-4,7-8H,1-2,5-6,9-15H2. The van der Waals surface area contributed by atoms with Crippen molar-refractivity contribution in [2.45, 2.75) is 25.7 Å². The van der Waals surface area contributed by atoms with Crippen LogP contribution in [0.5, 0.6) is 0 Å². The molecule has 0 saturated carbocycles. The number of anilines is 1. The van der Waals surface area contributed by atoms with Gasteiger partial charge in [0.25, 0.3) is 0 Å². The van der Waals surface area contributed by atoms with Gasteiger partial charge >= 0.3 is 0 Å². The molecule has 2 fully saturated rings. The van der Waals surface area contributed by atoms with Crippen molar-refractivity contribution in [2.75, 3.05) is 50.7 Å². The zero-order valence-corrected chi connectivity index (χ0v) is 15.5. The first-order chi connectivity index (χ1) is 12.3. The first-order valence-corrected chi connectivity index (χ1v) is 10.2. The fourth-order valence-electron chi connectivity index (χ4n) is 3.70. The maximum atomic E-state index is 12.5. The van der Waals surface area contributed by atoms with Crippen LogP contribution in [-0.4, -0.2) is 66.5 Å². The van der Waals surface area contributed by atoms with Crippen LogP contribution in [0.25, 0.3) is 10.2 Å². The molecular weight excluding hydrogens is 332 g/mol. The van der Waals surface area contributed by atoms with E-state index < -0.39 is 0 Å². The maximum Gasteiger partial charge on any atom is 0.236 e. The quantitative estimate of drug-likeness (QED) is 0.846. The summed E-state index contributed by atoms with van der Waals surface area (Å²) < 4.78 is 1.25. The first-order valence-electron chi connectivity index (χ1n) is 9.40. The van der Waals surface area contributed by atoms with Crippen molar-refractivity contribution in [2.24, 2.45) is 0 Å². The molecule has 1 amide bonds. The van der Waals surface area contributed by atoms with Gasteiger partial charge in [-0.3, -0.25) is 9.69 Å². The molecule has 2 aromatic rings. The third kappa shape index (κ3) is 3.96. The number of para-hydroxylation sites is 1. The van der Waals surface area contributed by atoms with Gasteiger partial charge in [0.2, 0.25) is 5.91 Å². The summed E-state index contributed by atoms with van der Waals surface area (Å²) in [6.45, 7) is 6.26. The van der Waals surface area contributed by atoms with E-state index in [0.717, 1.165) is 62.8 Å². The Morgan fingerprint density at radius 3 is 2.40 bits per heavy atom. The molecule has 2 aliphatic rings. The Morgan fingerprint density at radius 1 is 0.960 bits per heavy atom. The summed E-state index contributed by atoms with van der Waals surface area (Å²) in [4.78, 5) is 24.0. The largest absolute Gasteiger partial charge is 0.345 e. The average molecular weight is 359 g/mol. The zero-order valence-electron chi connectivity index (χ0n) is 14.7.